The van der Waals surface area contributed by atoms with Crippen molar-refractivity contribution in [1.29, 1.82) is 0 Å². The number of allylic oxidation sites excluding steroid dienone is 1. The number of thioether (sulfide) groups is 1. The van der Waals surface area contributed by atoms with Crippen LogP contribution >= 0.6 is 23.4 Å². The molecular formula is C21H24ClN4O2S+. The average Bonchev–Trinajstić information content (AvgIpc) is 3.05. The lowest BCUT2D eigenvalue weighted by atomic mass is 10.1. The first kappa shape index (κ1) is 21.4. The van der Waals surface area contributed by atoms with Crippen LogP contribution < -0.4 is 5.32 Å². The zero-order chi connectivity index (χ0) is 20.9. The second-order valence-corrected chi connectivity index (χ2v) is 8.47. The Morgan fingerprint density at radius 3 is 2.76 bits per heavy atom. The maximum atomic E-state index is 11.8. The molecule has 0 spiro atoms. The van der Waals surface area contributed by atoms with Gasteiger partial charge in [-0.15, -0.1) is 0 Å². The van der Waals surface area contributed by atoms with Crippen LogP contribution in [0.25, 0.3) is 0 Å². The third-order valence-electron chi connectivity index (χ3n) is 4.40. The molecule has 2 aromatic rings. The molecule has 1 unspecified atom stereocenters. The van der Waals surface area contributed by atoms with Gasteiger partial charge < -0.3 is 10.1 Å². The summed E-state index contributed by atoms with van der Waals surface area (Å²) in [7, 11) is 1.54. The number of hydrogen-bond donors (Lipinski definition) is 1. The Hall–Kier alpha value is -2.35. The van der Waals surface area contributed by atoms with Crippen molar-refractivity contribution in [3.05, 3.63) is 70.1 Å². The van der Waals surface area contributed by atoms with Crippen LogP contribution in [-0.2, 0) is 11.3 Å². The molecule has 8 heteroatoms. The first-order valence-corrected chi connectivity index (χ1v) is 10.5. The van der Waals surface area contributed by atoms with Gasteiger partial charge >= 0.3 is 6.09 Å². The van der Waals surface area contributed by atoms with Gasteiger partial charge in [0.15, 0.2) is 6.34 Å². The molecule has 0 saturated carbocycles. The number of alkyl carbamates (subject to hydrolysis) is 1. The number of benzene rings is 1. The molecule has 0 fully saturated rings. The van der Waals surface area contributed by atoms with Crippen molar-refractivity contribution in [3.8, 4) is 0 Å². The number of aliphatic imine (C=N–C) groups is 1. The van der Waals surface area contributed by atoms with E-state index >= 15 is 0 Å². The van der Waals surface area contributed by atoms with Gasteiger partial charge in [0.2, 0.25) is 11.8 Å². The van der Waals surface area contributed by atoms with E-state index in [0.717, 1.165) is 21.3 Å². The summed E-state index contributed by atoms with van der Waals surface area (Å²) < 4.78 is 5.75. The molecule has 1 amide bonds. The smallest absolute Gasteiger partial charge is 0.398 e. The molecule has 0 bridgehead atoms. The minimum Gasteiger partial charge on any atom is -0.398 e. The Morgan fingerprint density at radius 1 is 1.28 bits per heavy atom. The minimum atomic E-state index is -0.484. The van der Waals surface area contributed by atoms with Crippen LogP contribution in [0.15, 0.2) is 69.3 Å². The maximum Gasteiger partial charge on any atom is 0.411 e. The van der Waals surface area contributed by atoms with Gasteiger partial charge in [0.1, 0.15) is 12.2 Å². The lowest BCUT2D eigenvalue weighted by Crippen LogP contribution is -2.46. The Balaban J connectivity index is 2.02. The van der Waals surface area contributed by atoms with Gasteiger partial charge in [0.05, 0.1) is 5.69 Å². The van der Waals surface area contributed by atoms with E-state index in [1.54, 1.807) is 25.0 Å². The number of carbonyl (C=O) groups excluding carboxylic acids is 1. The zero-order valence-corrected chi connectivity index (χ0v) is 18.2. The second kappa shape index (κ2) is 9.43. The summed E-state index contributed by atoms with van der Waals surface area (Å²) in [6, 6.07) is 13.5. The number of quaternary nitrogens is 1. The van der Waals surface area contributed by atoms with Crippen molar-refractivity contribution in [2.45, 2.75) is 25.3 Å². The Labute approximate surface area is 180 Å². The van der Waals surface area contributed by atoms with E-state index in [0.29, 0.717) is 11.6 Å². The van der Waals surface area contributed by atoms with E-state index in [1.165, 1.54) is 0 Å². The van der Waals surface area contributed by atoms with Gasteiger partial charge in [-0.1, -0.05) is 37.6 Å². The van der Waals surface area contributed by atoms with E-state index in [9.17, 15) is 4.79 Å². The summed E-state index contributed by atoms with van der Waals surface area (Å²) in [5.41, 5.74) is 1.85. The van der Waals surface area contributed by atoms with Crippen LogP contribution in [0, 0.1) is 5.92 Å². The number of pyridine rings is 1. The number of nitrogens with one attached hydrogen (secondary N) is 1. The van der Waals surface area contributed by atoms with Crippen molar-refractivity contribution in [3.63, 3.8) is 0 Å². The summed E-state index contributed by atoms with van der Waals surface area (Å²) in [5.74, 6) is 0.205. The fraction of sp³-hybridized carbons (Fsp3) is 0.286. The van der Waals surface area contributed by atoms with Crippen molar-refractivity contribution < 1.29 is 14.0 Å². The summed E-state index contributed by atoms with van der Waals surface area (Å²) in [6.45, 7) is 4.83. The Morgan fingerprint density at radius 2 is 2.10 bits per heavy atom. The van der Waals surface area contributed by atoms with Gasteiger partial charge in [-0.25, -0.2) is 14.3 Å². The van der Waals surface area contributed by atoms with E-state index in [-0.39, 0.29) is 17.1 Å². The third kappa shape index (κ3) is 5.18. The fourth-order valence-electron chi connectivity index (χ4n) is 2.97. The second-order valence-electron chi connectivity index (χ2n) is 6.97. The molecule has 1 aliphatic rings. The van der Waals surface area contributed by atoms with Crippen molar-refractivity contribution in [1.82, 2.24) is 10.3 Å². The summed E-state index contributed by atoms with van der Waals surface area (Å²) in [4.78, 5) is 22.0. The largest absolute Gasteiger partial charge is 0.411 e. The lowest BCUT2D eigenvalue weighted by molar-refractivity contribution is -0.820. The van der Waals surface area contributed by atoms with Crippen molar-refractivity contribution >= 4 is 35.8 Å². The number of hydrogen-bond acceptors (Lipinski definition) is 5. The van der Waals surface area contributed by atoms with Crippen LogP contribution in [0.5, 0.6) is 0 Å². The first-order valence-electron chi connectivity index (χ1n) is 9.28. The molecule has 1 N–H and O–H groups in total. The summed E-state index contributed by atoms with van der Waals surface area (Å²) in [5, 5.41) is 4.17. The molecule has 1 aromatic carbocycles. The number of nitrogens with zero attached hydrogens (tertiary/aromatic N) is 3. The molecule has 3 rings (SSSR count). The molecule has 29 heavy (non-hydrogen) atoms. The van der Waals surface area contributed by atoms with Crippen LogP contribution in [0.4, 0.5) is 4.79 Å². The molecule has 0 saturated heterocycles. The zero-order valence-electron chi connectivity index (χ0n) is 16.6. The molecule has 0 aliphatic carbocycles. The number of carbonyl (C=O) groups is 1. The van der Waals surface area contributed by atoms with E-state index in [2.05, 4.69) is 24.1 Å². The number of halogens is 1. The van der Waals surface area contributed by atoms with E-state index in [1.807, 2.05) is 48.8 Å². The van der Waals surface area contributed by atoms with Crippen LogP contribution in [0.3, 0.4) is 0 Å². The third-order valence-corrected chi connectivity index (χ3v) is 5.89. The predicted octanol–water partition coefficient (Wildman–Crippen LogP) is 5.02. The van der Waals surface area contributed by atoms with Crippen LogP contribution in [0.2, 0.25) is 5.02 Å². The highest BCUT2D eigenvalue weighted by atomic mass is 35.5. The van der Waals surface area contributed by atoms with Gasteiger partial charge in [0.25, 0.3) is 0 Å². The van der Waals surface area contributed by atoms with E-state index < -0.39 is 6.09 Å². The van der Waals surface area contributed by atoms with E-state index in [4.69, 9.17) is 21.3 Å². The highest BCUT2D eigenvalue weighted by Crippen LogP contribution is 2.43. The molecular weight excluding hydrogens is 408 g/mol. The summed E-state index contributed by atoms with van der Waals surface area (Å²) >= 11 is 7.79. The normalized spacial score (nSPS) is 18.4. The van der Waals surface area contributed by atoms with Gasteiger partial charge in [-0.3, -0.25) is 4.98 Å². The molecule has 1 atom stereocenters. The number of amides is 1. The predicted molar refractivity (Wildman–Crippen MR) is 116 cm³/mol. The summed E-state index contributed by atoms with van der Waals surface area (Å²) in [6.07, 6.45) is 3.12. The Bertz CT molecular complexity index is 933. The number of ether oxygens (including phenoxy) is 1. The quantitative estimate of drug-likeness (QED) is 0.625. The van der Waals surface area contributed by atoms with Gasteiger partial charge in [-0.05, 0) is 42.1 Å². The van der Waals surface area contributed by atoms with Gasteiger partial charge in [-0.2, -0.15) is 0 Å². The Kier molecular flexibility index (Phi) is 6.95. The lowest BCUT2D eigenvalue weighted by Gasteiger charge is -2.31. The number of rotatable bonds is 7. The molecule has 6 nitrogen and oxygen atoms in total. The molecule has 0 radical (unpaired) electrons. The minimum absolute atomic E-state index is 0.110. The molecule has 2 heterocycles. The first-order chi connectivity index (χ1) is 13.9. The SMILES string of the molecule is CNC(=O)OC[N+]1(Cc2ccccn2)C=NC(C(C)C)=C1Sc1cccc(Cl)c1. The molecule has 1 aliphatic heterocycles. The van der Waals surface area contributed by atoms with Crippen molar-refractivity contribution in [2.75, 3.05) is 13.8 Å². The van der Waals surface area contributed by atoms with Crippen LogP contribution in [-0.4, -0.2) is 35.7 Å². The van der Waals surface area contributed by atoms with Crippen molar-refractivity contribution in [2.24, 2.45) is 10.9 Å². The highest BCUT2D eigenvalue weighted by molar-refractivity contribution is 8.02. The highest BCUT2D eigenvalue weighted by Gasteiger charge is 2.42. The maximum absolute atomic E-state index is 11.8. The topological polar surface area (TPSA) is 63.6 Å². The fourth-order valence-corrected chi connectivity index (χ4v) is 4.52. The molecule has 152 valence electrons. The number of aromatic nitrogens is 1. The standard InChI is InChI=1S/C21H23ClN4O2S/c1-15(2)19-20(29-18-9-6-7-16(22)11-18)26(13-25-19,14-28-21(27)23-3)12-17-8-4-5-10-24-17/h4-11,13,15H,12,14H2,1-3H3/p+1. The van der Waals surface area contributed by atoms with Crippen LogP contribution in [0.1, 0.15) is 19.5 Å². The van der Waals surface area contributed by atoms with Gasteiger partial charge in [0, 0.05) is 29.1 Å². The monoisotopic (exact) mass is 431 g/mol. The molecule has 1 aromatic heterocycles. The average molecular weight is 432 g/mol.